The lowest BCUT2D eigenvalue weighted by atomic mass is 9.85. The second kappa shape index (κ2) is 8.86. The zero-order valence-electron chi connectivity index (χ0n) is 9.38. The minimum Gasteiger partial charge on any atom is -0.396 e. The van der Waals surface area contributed by atoms with Crippen molar-refractivity contribution >= 4 is 0 Å². The summed E-state index contributed by atoms with van der Waals surface area (Å²) in [6, 6.07) is 0. The second-order valence-corrected chi connectivity index (χ2v) is 3.97. The molecule has 1 unspecified atom stereocenters. The molecule has 0 aromatic carbocycles. The van der Waals surface area contributed by atoms with Crippen molar-refractivity contribution in [1.29, 1.82) is 0 Å². The van der Waals surface area contributed by atoms with E-state index in [4.69, 9.17) is 25.2 Å². The highest BCUT2D eigenvalue weighted by molar-refractivity contribution is 4.78. The molecule has 5 N–H and O–H groups in total. The van der Waals surface area contributed by atoms with Gasteiger partial charge in [-0.15, -0.1) is 0 Å². The van der Waals surface area contributed by atoms with Crippen LogP contribution in [0.2, 0.25) is 0 Å². The molecular formula is C10H22O6. The first-order valence-corrected chi connectivity index (χ1v) is 5.33. The molecule has 6 nitrogen and oxygen atoms in total. The summed E-state index contributed by atoms with van der Waals surface area (Å²) >= 11 is 0. The topological polar surface area (TPSA) is 110 Å². The smallest absolute Gasteiger partial charge is 0.0773 e. The van der Waals surface area contributed by atoms with E-state index in [9.17, 15) is 5.11 Å². The molecule has 0 aromatic rings. The van der Waals surface area contributed by atoms with Gasteiger partial charge in [0.15, 0.2) is 0 Å². The van der Waals surface area contributed by atoms with E-state index < -0.39 is 11.5 Å². The van der Waals surface area contributed by atoms with Crippen LogP contribution in [0.4, 0.5) is 0 Å². The molecule has 0 heterocycles. The Balaban J connectivity index is 3.82. The molecule has 98 valence electrons. The largest absolute Gasteiger partial charge is 0.396 e. The van der Waals surface area contributed by atoms with Crippen LogP contribution < -0.4 is 0 Å². The first kappa shape index (κ1) is 15.8. The van der Waals surface area contributed by atoms with E-state index >= 15 is 0 Å². The Morgan fingerprint density at radius 3 is 2.00 bits per heavy atom. The average Bonchev–Trinajstić information content (AvgIpc) is 2.32. The fraction of sp³-hybridized carbons (Fsp3) is 1.00. The Morgan fingerprint density at radius 2 is 1.56 bits per heavy atom. The van der Waals surface area contributed by atoms with Crippen LogP contribution in [0.1, 0.15) is 12.8 Å². The minimum absolute atomic E-state index is 0.0962. The lowest BCUT2D eigenvalue weighted by Crippen LogP contribution is -2.35. The van der Waals surface area contributed by atoms with E-state index in [0.717, 1.165) is 0 Å². The van der Waals surface area contributed by atoms with Crippen molar-refractivity contribution in [3.63, 3.8) is 0 Å². The summed E-state index contributed by atoms with van der Waals surface area (Å²) in [5, 5.41) is 45.0. The van der Waals surface area contributed by atoms with Gasteiger partial charge in [-0.05, 0) is 12.8 Å². The normalized spacial score (nSPS) is 14.1. The summed E-state index contributed by atoms with van der Waals surface area (Å²) in [6.07, 6.45) is -0.108. The van der Waals surface area contributed by atoms with E-state index in [1.807, 2.05) is 0 Å². The molecular weight excluding hydrogens is 216 g/mol. The summed E-state index contributed by atoms with van der Waals surface area (Å²) in [7, 11) is 0. The molecule has 0 fully saturated rings. The molecule has 1 atom stereocenters. The van der Waals surface area contributed by atoms with Gasteiger partial charge in [0.1, 0.15) is 0 Å². The highest BCUT2D eigenvalue weighted by Crippen LogP contribution is 2.22. The third kappa shape index (κ3) is 5.74. The highest BCUT2D eigenvalue weighted by atomic mass is 16.5. The van der Waals surface area contributed by atoms with Gasteiger partial charge in [0, 0.05) is 5.41 Å². The Hall–Kier alpha value is -0.240. The standard InChI is InChI=1S/C10H22O6/c11-3-4-16-5-9(15)1-2-10(6-12,7-13)8-14/h9,11-15H,1-8H2. The van der Waals surface area contributed by atoms with Gasteiger partial charge in [0.25, 0.3) is 0 Å². The molecule has 0 saturated heterocycles. The van der Waals surface area contributed by atoms with Crippen molar-refractivity contribution in [1.82, 2.24) is 0 Å². The van der Waals surface area contributed by atoms with Crippen molar-refractivity contribution in [2.45, 2.75) is 18.9 Å². The Kier molecular flexibility index (Phi) is 8.73. The van der Waals surface area contributed by atoms with Crippen LogP contribution in [0.5, 0.6) is 0 Å². The maximum Gasteiger partial charge on any atom is 0.0773 e. The summed E-state index contributed by atoms with van der Waals surface area (Å²) in [4.78, 5) is 0. The predicted octanol–water partition coefficient (Wildman–Crippen LogP) is -1.90. The van der Waals surface area contributed by atoms with Gasteiger partial charge >= 0.3 is 0 Å². The fourth-order valence-electron chi connectivity index (χ4n) is 1.23. The summed E-state index contributed by atoms with van der Waals surface area (Å²) in [5.41, 5.74) is -0.946. The quantitative estimate of drug-likeness (QED) is 0.284. The molecule has 16 heavy (non-hydrogen) atoms. The maximum atomic E-state index is 9.47. The number of hydrogen-bond acceptors (Lipinski definition) is 6. The highest BCUT2D eigenvalue weighted by Gasteiger charge is 2.28. The van der Waals surface area contributed by atoms with Crippen molar-refractivity contribution in [2.24, 2.45) is 5.41 Å². The Morgan fingerprint density at radius 1 is 1.00 bits per heavy atom. The maximum absolute atomic E-state index is 9.47. The molecule has 0 radical (unpaired) electrons. The van der Waals surface area contributed by atoms with E-state index in [0.29, 0.717) is 12.8 Å². The Labute approximate surface area is 95.1 Å². The third-order valence-corrected chi connectivity index (χ3v) is 2.56. The van der Waals surface area contributed by atoms with Crippen LogP contribution in [-0.2, 0) is 4.74 Å². The van der Waals surface area contributed by atoms with Gasteiger partial charge < -0.3 is 30.3 Å². The first-order chi connectivity index (χ1) is 7.64. The Bertz CT molecular complexity index is 151. The first-order valence-electron chi connectivity index (χ1n) is 5.33. The van der Waals surface area contributed by atoms with E-state index in [1.54, 1.807) is 0 Å². The molecule has 0 bridgehead atoms. The molecule has 0 aliphatic rings. The molecule has 0 saturated carbocycles. The fourth-order valence-corrected chi connectivity index (χ4v) is 1.23. The molecule has 0 aromatic heterocycles. The average molecular weight is 238 g/mol. The van der Waals surface area contributed by atoms with Crippen molar-refractivity contribution in [3.05, 3.63) is 0 Å². The van der Waals surface area contributed by atoms with E-state index in [1.165, 1.54) is 0 Å². The van der Waals surface area contributed by atoms with Crippen LogP contribution in [0.25, 0.3) is 0 Å². The molecule has 0 rings (SSSR count). The van der Waals surface area contributed by atoms with Gasteiger partial charge in [-0.3, -0.25) is 0 Å². The SMILES string of the molecule is OCCOCC(O)CCC(CO)(CO)CO. The molecule has 0 aliphatic carbocycles. The van der Waals surface area contributed by atoms with Crippen LogP contribution in [0.3, 0.4) is 0 Å². The molecule has 0 amide bonds. The van der Waals surface area contributed by atoms with E-state index in [-0.39, 0.29) is 39.6 Å². The van der Waals surface area contributed by atoms with Crippen molar-refractivity contribution in [3.8, 4) is 0 Å². The molecule has 0 spiro atoms. The van der Waals surface area contributed by atoms with Gasteiger partial charge in [-0.2, -0.15) is 0 Å². The van der Waals surface area contributed by atoms with Crippen LogP contribution in [-0.4, -0.2) is 71.3 Å². The lowest BCUT2D eigenvalue weighted by Gasteiger charge is -2.28. The van der Waals surface area contributed by atoms with Gasteiger partial charge in [0.05, 0.1) is 45.7 Å². The number of rotatable bonds is 10. The molecule has 6 heteroatoms. The predicted molar refractivity (Wildman–Crippen MR) is 56.8 cm³/mol. The van der Waals surface area contributed by atoms with Gasteiger partial charge in [0.2, 0.25) is 0 Å². The number of ether oxygens (including phenoxy) is 1. The van der Waals surface area contributed by atoms with Crippen LogP contribution in [0, 0.1) is 5.41 Å². The summed E-state index contributed by atoms with van der Waals surface area (Å²) < 4.78 is 4.92. The minimum atomic E-state index is -0.946. The number of aliphatic hydroxyl groups is 5. The summed E-state index contributed by atoms with van der Waals surface area (Å²) in [5.74, 6) is 0. The van der Waals surface area contributed by atoms with Crippen molar-refractivity contribution in [2.75, 3.05) is 39.6 Å². The summed E-state index contributed by atoms with van der Waals surface area (Å²) in [6.45, 7) is -0.819. The van der Waals surface area contributed by atoms with Crippen LogP contribution in [0.15, 0.2) is 0 Å². The second-order valence-electron chi connectivity index (χ2n) is 3.97. The van der Waals surface area contributed by atoms with Gasteiger partial charge in [-0.1, -0.05) is 0 Å². The number of aliphatic hydroxyl groups excluding tert-OH is 5. The number of hydrogen-bond donors (Lipinski definition) is 5. The lowest BCUT2D eigenvalue weighted by molar-refractivity contribution is -0.0242. The third-order valence-electron chi connectivity index (χ3n) is 2.56. The van der Waals surface area contributed by atoms with Crippen LogP contribution >= 0.6 is 0 Å². The monoisotopic (exact) mass is 238 g/mol. The van der Waals surface area contributed by atoms with E-state index in [2.05, 4.69) is 0 Å². The van der Waals surface area contributed by atoms with Gasteiger partial charge in [-0.25, -0.2) is 0 Å². The molecule has 0 aliphatic heterocycles. The zero-order valence-corrected chi connectivity index (χ0v) is 9.38. The zero-order chi connectivity index (χ0) is 12.4. The van der Waals surface area contributed by atoms with Crippen molar-refractivity contribution < 1.29 is 30.3 Å².